The van der Waals surface area contributed by atoms with Crippen LogP contribution in [0.4, 0.5) is 5.69 Å². The van der Waals surface area contributed by atoms with E-state index in [1.165, 1.54) is 29.8 Å². The van der Waals surface area contributed by atoms with Gasteiger partial charge in [0.2, 0.25) is 5.62 Å². The topological polar surface area (TPSA) is 122 Å². The summed E-state index contributed by atoms with van der Waals surface area (Å²) in [6, 6.07) is 11.5. The maximum Gasteiger partial charge on any atom is 0.335 e. The molecule has 176 valence electrons. The van der Waals surface area contributed by atoms with Crippen LogP contribution in [0.15, 0.2) is 57.0 Å². The monoisotopic (exact) mass is 499 g/mol. The molecule has 0 bridgehead atoms. The van der Waals surface area contributed by atoms with Crippen molar-refractivity contribution in [3.8, 4) is 0 Å². The Labute approximate surface area is 202 Å². The number of carboxylic acid groups (broad SMARTS) is 1. The van der Waals surface area contributed by atoms with E-state index in [1.54, 1.807) is 30.3 Å². The molecule has 0 amide bonds. The molecule has 11 heteroatoms. The van der Waals surface area contributed by atoms with E-state index in [9.17, 15) is 19.5 Å². The molecule has 0 aliphatic heterocycles. The van der Waals surface area contributed by atoms with Crippen molar-refractivity contribution < 1.29 is 9.90 Å². The molecule has 2 N–H and O–H groups in total. The van der Waals surface area contributed by atoms with Crippen LogP contribution in [0, 0.1) is 12.8 Å². The summed E-state index contributed by atoms with van der Waals surface area (Å²) in [5.41, 5.74) is 0.807. The van der Waals surface area contributed by atoms with E-state index in [-0.39, 0.29) is 12.2 Å². The summed E-state index contributed by atoms with van der Waals surface area (Å²) in [6.07, 6.45) is 0. The van der Waals surface area contributed by atoms with Crippen LogP contribution in [0.25, 0.3) is 10.2 Å². The molecule has 9 nitrogen and oxygen atoms in total. The first-order valence-corrected chi connectivity index (χ1v) is 11.7. The molecule has 4 aromatic rings. The smallest absolute Gasteiger partial charge is 0.335 e. The first kappa shape index (κ1) is 23.7. The number of aryl methyl sites for hydroxylation is 1. The molecule has 34 heavy (non-hydrogen) atoms. The number of aromatic amines is 1. The standard InChI is InChI=1S/C23H22ClN5O4S/c1-12(20(30)31)13(2)29-22(32)27-21(26-17-8-9-18-19(10-17)34-14(3)25-18)28(23(29)33)11-15-4-6-16(24)7-5-15/h4-10,12-13H,11H2,1-3H3,(H,30,31)(H,26,27,32)/t12-,13+/m0/s1. The van der Waals surface area contributed by atoms with Crippen LogP contribution in [0.3, 0.4) is 0 Å². The molecule has 2 aromatic carbocycles. The van der Waals surface area contributed by atoms with Crippen LogP contribution in [-0.2, 0) is 11.3 Å². The molecule has 0 fully saturated rings. The molecule has 0 saturated carbocycles. The Bertz CT molecular complexity index is 1570. The number of hydrogen-bond acceptors (Lipinski definition) is 6. The molecular weight excluding hydrogens is 478 g/mol. The first-order chi connectivity index (χ1) is 16.1. The zero-order valence-corrected chi connectivity index (χ0v) is 20.2. The third kappa shape index (κ3) is 4.73. The fourth-order valence-electron chi connectivity index (χ4n) is 3.54. The molecule has 2 aromatic heterocycles. The lowest BCUT2D eigenvalue weighted by atomic mass is 10.0. The molecule has 0 spiro atoms. The number of thiazole rings is 1. The average Bonchev–Trinajstić information content (AvgIpc) is 3.16. The Morgan fingerprint density at radius 2 is 1.91 bits per heavy atom. The molecule has 0 aliphatic rings. The summed E-state index contributed by atoms with van der Waals surface area (Å²) in [6.45, 7) is 4.99. The van der Waals surface area contributed by atoms with Crippen molar-refractivity contribution in [3.63, 3.8) is 0 Å². The second kappa shape index (κ2) is 9.40. The predicted molar refractivity (Wildman–Crippen MR) is 131 cm³/mol. The van der Waals surface area contributed by atoms with Crippen molar-refractivity contribution in [2.45, 2.75) is 33.4 Å². The Morgan fingerprint density at radius 3 is 2.59 bits per heavy atom. The number of H-pyrrole nitrogens is 1. The fraction of sp³-hybridized carbons (Fsp3) is 0.261. The number of aliphatic carboxylic acids is 1. The summed E-state index contributed by atoms with van der Waals surface area (Å²) in [4.78, 5) is 49.5. The van der Waals surface area contributed by atoms with Gasteiger partial charge in [0, 0.05) is 5.02 Å². The SMILES string of the molecule is Cc1nc2ccc(/N=c3\[nH]c(=O)n([C@H](C)[C@H](C)C(=O)O)c(=O)n3Cc3ccc(Cl)cc3)cc2s1. The third-order valence-corrected chi connectivity index (χ3v) is 6.80. The summed E-state index contributed by atoms with van der Waals surface area (Å²) in [7, 11) is 0. The number of carbonyl (C=O) groups is 1. The first-order valence-electron chi connectivity index (χ1n) is 10.5. The highest BCUT2D eigenvalue weighted by Gasteiger charge is 2.25. The van der Waals surface area contributed by atoms with Gasteiger partial charge in [-0.25, -0.2) is 24.1 Å². The minimum atomic E-state index is -1.11. The van der Waals surface area contributed by atoms with Gasteiger partial charge < -0.3 is 5.11 Å². The Balaban J connectivity index is 1.92. The van der Waals surface area contributed by atoms with E-state index >= 15 is 0 Å². The maximum atomic E-state index is 13.5. The van der Waals surface area contributed by atoms with Gasteiger partial charge in [-0.05, 0) is 56.7 Å². The average molecular weight is 500 g/mol. The fourth-order valence-corrected chi connectivity index (χ4v) is 4.53. The second-order valence-corrected chi connectivity index (χ2v) is 9.65. The summed E-state index contributed by atoms with van der Waals surface area (Å²) in [5, 5.41) is 10.9. The molecule has 4 rings (SSSR count). The van der Waals surface area contributed by atoms with Gasteiger partial charge in [0.05, 0.1) is 39.4 Å². The van der Waals surface area contributed by atoms with Crippen LogP contribution >= 0.6 is 22.9 Å². The number of halogens is 1. The van der Waals surface area contributed by atoms with E-state index in [2.05, 4.69) is 15.0 Å². The third-order valence-electron chi connectivity index (χ3n) is 5.62. The number of fused-ring (bicyclic) bond motifs is 1. The largest absolute Gasteiger partial charge is 0.481 e. The van der Waals surface area contributed by atoms with Crippen molar-refractivity contribution in [3.05, 3.63) is 84.6 Å². The molecule has 0 unspecified atom stereocenters. The minimum absolute atomic E-state index is 0.0527. The van der Waals surface area contributed by atoms with Crippen molar-refractivity contribution in [1.82, 2.24) is 19.1 Å². The van der Waals surface area contributed by atoms with E-state index in [0.29, 0.717) is 10.7 Å². The van der Waals surface area contributed by atoms with Crippen molar-refractivity contribution in [1.29, 1.82) is 0 Å². The Morgan fingerprint density at radius 1 is 1.21 bits per heavy atom. The van der Waals surface area contributed by atoms with Crippen LogP contribution in [0.5, 0.6) is 0 Å². The van der Waals surface area contributed by atoms with E-state index in [1.807, 2.05) is 19.1 Å². The molecular formula is C23H22ClN5O4S. The van der Waals surface area contributed by atoms with Gasteiger partial charge in [0.25, 0.3) is 0 Å². The lowest BCUT2D eigenvalue weighted by Gasteiger charge is -2.19. The van der Waals surface area contributed by atoms with Gasteiger partial charge in [-0.2, -0.15) is 0 Å². The molecule has 2 heterocycles. The number of nitrogens with zero attached hydrogens (tertiary/aromatic N) is 4. The van der Waals surface area contributed by atoms with Gasteiger partial charge in [-0.15, -0.1) is 11.3 Å². The quantitative estimate of drug-likeness (QED) is 0.420. The van der Waals surface area contributed by atoms with Crippen molar-refractivity contribution in [2.24, 2.45) is 10.9 Å². The number of hydrogen-bond donors (Lipinski definition) is 2. The number of carboxylic acids is 1. The van der Waals surface area contributed by atoms with Gasteiger partial charge in [-0.1, -0.05) is 23.7 Å². The molecule has 2 atom stereocenters. The number of aromatic nitrogens is 4. The number of nitrogens with one attached hydrogen (secondary N) is 1. The lowest BCUT2D eigenvalue weighted by molar-refractivity contribution is -0.142. The van der Waals surface area contributed by atoms with Gasteiger partial charge in [0.1, 0.15) is 0 Å². The zero-order valence-electron chi connectivity index (χ0n) is 18.7. The Kier molecular flexibility index (Phi) is 6.54. The van der Waals surface area contributed by atoms with Crippen molar-refractivity contribution in [2.75, 3.05) is 0 Å². The zero-order chi connectivity index (χ0) is 24.6. The van der Waals surface area contributed by atoms with E-state index in [4.69, 9.17) is 11.6 Å². The van der Waals surface area contributed by atoms with Gasteiger partial charge in [0.15, 0.2) is 0 Å². The van der Waals surface area contributed by atoms with Crippen molar-refractivity contribution >= 4 is 44.8 Å². The molecule has 0 radical (unpaired) electrons. The minimum Gasteiger partial charge on any atom is -0.481 e. The maximum absolute atomic E-state index is 13.5. The predicted octanol–water partition coefficient (Wildman–Crippen LogP) is 3.47. The van der Waals surface area contributed by atoms with E-state index < -0.39 is 29.3 Å². The molecule has 0 saturated heterocycles. The summed E-state index contributed by atoms with van der Waals surface area (Å²) in [5.74, 6) is -2.06. The Hall–Kier alpha value is -3.50. The summed E-state index contributed by atoms with van der Waals surface area (Å²) < 4.78 is 3.17. The van der Waals surface area contributed by atoms with Crippen LogP contribution < -0.4 is 17.0 Å². The van der Waals surface area contributed by atoms with Gasteiger partial charge in [-0.3, -0.25) is 14.3 Å². The highest BCUT2D eigenvalue weighted by Crippen LogP contribution is 2.25. The van der Waals surface area contributed by atoms with E-state index in [0.717, 1.165) is 25.4 Å². The van der Waals surface area contributed by atoms with Crippen LogP contribution in [0.2, 0.25) is 5.02 Å². The summed E-state index contributed by atoms with van der Waals surface area (Å²) >= 11 is 7.51. The van der Waals surface area contributed by atoms with Crippen LogP contribution in [-0.4, -0.2) is 30.2 Å². The van der Waals surface area contributed by atoms with Gasteiger partial charge >= 0.3 is 17.3 Å². The highest BCUT2D eigenvalue weighted by molar-refractivity contribution is 7.18. The molecule has 0 aliphatic carbocycles. The number of rotatable bonds is 6. The highest BCUT2D eigenvalue weighted by atomic mass is 35.5. The van der Waals surface area contributed by atoms with Crippen LogP contribution in [0.1, 0.15) is 30.5 Å². The normalized spacial score (nSPS) is 13.8. The second-order valence-electron chi connectivity index (χ2n) is 7.98. The lowest BCUT2D eigenvalue weighted by Crippen LogP contribution is -2.52. The number of benzene rings is 2.